The molecule has 0 saturated carbocycles. The number of fused-ring (bicyclic) bond motifs is 3. The predicted octanol–water partition coefficient (Wildman–Crippen LogP) is 3.52. The van der Waals surface area contributed by atoms with E-state index in [2.05, 4.69) is 25.2 Å². The van der Waals surface area contributed by atoms with Gasteiger partial charge in [-0.05, 0) is 82.4 Å². The van der Waals surface area contributed by atoms with Crippen LogP contribution >= 0.6 is 0 Å². The summed E-state index contributed by atoms with van der Waals surface area (Å²) in [5.74, 6) is 0.600. The van der Waals surface area contributed by atoms with Gasteiger partial charge in [-0.25, -0.2) is 14.4 Å². The van der Waals surface area contributed by atoms with Gasteiger partial charge in [0.2, 0.25) is 5.91 Å². The lowest BCUT2D eigenvalue weighted by atomic mass is 9.85. The molecule has 1 aromatic carbocycles. The van der Waals surface area contributed by atoms with Crippen molar-refractivity contribution in [3.8, 4) is 0 Å². The van der Waals surface area contributed by atoms with Gasteiger partial charge in [0.05, 0.1) is 5.39 Å². The zero-order valence-corrected chi connectivity index (χ0v) is 18.6. The van der Waals surface area contributed by atoms with Crippen molar-refractivity contribution in [2.24, 2.45) is 0 Å². The second kappa shape index (κ2) is 8.16. The molecule has 3 heterocycles. The van der Waals surface area contributed by atoms with Gasteiger partial charge in [-0.2, -0.15) is 0 Å². The Morgan fingerprint density at radius 2 is 1.84 bits per heavy atom. The van der Waals surface area contributed by atoms with Gasteiger partial charge in [-0.1, -0.05) is 0 Å². The number of aryl methyl sites for hydroxylation is 2. The Labute approximate surface area is 187 Å². The Kier molecular flexibility index (Phi) is 5.33. The number of carbonyl (C=O) groups excluding carboxylic acids is 1. The number of halogens is 1. The number of carbonyl (C=O) groups is 1. The summed E-state index contributed by atoms with van der Waals surface area (Å²) in [6.45, 7) is 1.45. The summed E-state index contributed by atoms with van der Waals surface area (Å²) < 4.78 is 13.2. The molecule has 5 rings (SSSR count). The van der Waals surface area contributed by atoms with Crippen LogP contribution in [0.15, 0.2) is 30.6 Å². The van der Waals surface area contributed by atoms with E-state index in [1.54, 1.807) is 18.5 Å². The summed E-state index contributed by atoms with van der Waals surface area (Å²) in [7, 11) is 3.90. The molecular formula is C24H29FN6O. The summed E-state index contributed by atoms with van der Waals surface area (Å²) in [5.41, 5.74) is 3.55. The fourth-order valence-corrected chi connectivity index (χ4v) is 5.20. The number of benzene rings is 1. The molecule has 0 unspecified atom stereocenters. The molecule has 2 N–H and O–H groups in total. The topological polar surface area (TPSA) is 77.2 Å². The van der Waals surface area contributed by atoms with Gasteiger partial charge in [-0.15, -0.1) is 0 Å². The normalized spacial score (nSPS) is 18.1. The minimum Gasteiger partial charge on any atom is -0.356 e. The van der Waals surface area contributed by atoms with Crippen LogP contribution in [0.1, 0.15) is 36.9 Å². The zero-order chi connectivity index (χ0) is 22.3. The molecule has 2 aliphatic rings. The molecule has 1 aliphatic carbocycles. The fraction of sp³-hybridized carbons (Fsp3) is 0.458. The molecule has 168 valence electrons. The van der Waals surface area contributed by atoms with Crippen molar-refractivity contribution in [2.45, 2.75) is 44.1 Å². The molecular weight excluding hydrogens is 407 g/mol. The standard InChI is InChI=1S/C24H29FN6O/c1-30(2)24(23(32)28-17-9-7-16(25)8-10-17)11-13-31(14-12-24)22-20-18-5-3-4-6-19(18)29-21(20)26-15-27-22/h7-10,15H,3-6,11-14H2,1-2H3,(H,28,32)(H,26,27,29). The van der Waals surface area contributed by atoms with Gasteiger partial charge in [-0.3, -0.25) is 9.69 Å². The van der Waals surface area contributed by atoms with Crippen molar-refractivity contribution in [1.29, 1.82) is 0 Å². The van der Waals surface area contributed by atoms with E-state index < -0.39 is 5.54 Å². The summed E-state index contributed by atoms with van der Waals surface area (Å²) >= 11 is 0. The van der Waals surface area contributed by atoms with E-state index in [9.17, 15) is 9.18 Å². The molecule has 1 amide bonds. The van der Waals surface area contributed by atoms with Crippen molar-refractivity contribution in [3.63, 3.8) is 0 Å². The minimum absolute atomic E-state index is 0.0550. The molecule has 0 atom stereocenters. The Morgan fingerprint density at radius 1 is 1.12 bits per heavy atom. The number of aromatic amines is 1. The number of amides is 1. The van der Waals surface area contributed by atoms with Crippen LogP contribution in [-0.2, 0) is 17.6 Å². The fourth-order valence-electron chi connectivity index (χ4n) is 5.20. The Balaban J connectivity index is 1.39. The van der Waals surface area contributed by atoms with E-state index in [4.69, 9.17) is 0 Å². The maximum atomic E-state index is 13.3. The monoisotopic (exact) mass is 436 g/mol. The molecule has 0 radical (unpaired) electrons. The number of nitrogens with one attached hydrogen (secondary N) is 2. The van der Waals surface area contributed by atoms with Gasteiger partial charge in [0, 0.05) is 24.5 Å². The minimum atomic E-state index is -0.630. The van der Waals surface area contributed by atoms with Crippen LogP contribution < -0.4 is 10.2 Å². The lowest BCUT2D eigenvalue weighted by Crippen LogP contribution is -2.59. The van der Waals surface area contributed by atoms with Gasteiger partial charge in [0.25, 0.3) is 0 Å². The number of rotatable bonds is 4. The van der Waals surface area contributed by atoms with Crippen molar-refractivity contribution >= 4 is 28.4 Å². The first-order valence-electron chi connectivity index (χ1n) is 11.3. The summed E-state index contributed by atoms with van der Waals surface area (Å²) in [4.78, 5) is 30.3. The number of anilines is 2. The van der Waals surface area contributed by atoms with Crippen LogP contribution in [0.2, 0.25) is 0 Å². The van der Waals surface area contributed by atoms with Crippen LogP contribution in [0.5, 0.6) is 0 Å². The van der Waals surface area contributed by atoms with Crippen LogP contribution in [-0.4, -0.2) is 58.5 Å². The number of nitrogens with zero attached hydrogens (tertiary/aromatic N) is 4. The number of piperidine rings is 1. The summed E-state index contributed by atoms with van der Waals surface area (Å²) in [6.07, 6.45) is 7.51. The third-order valence-corrected chi connectivity index (χ3v) is 7.14. The van der Waals surface area contributed by atoms with Crippen molar-refractivity contribution in [2.75, 3.05) is 37.4 Å². The van der Waals surface area contributed by atoms with Gasteiger partial charge < -0.3 is 15.2 Å². The molecule has 8 heteroatoms. The lowest BCUT2D eigenvalue weighted by molar-refractivity contribution is -0.127. The van der Waals surface area contributed by atoms with E-state index in [0.29, 0.717) is 18.5 Å². The van der Waals surface area contributed by atoms with E-state index in [-0.39, 0.29) is 11.7 Å². The molecule has 0 spiro atoms. The number of H-pyrrole nitrogens is 1. The van der Waals surface area contributed by atoms with E-state index in [0.717, 1.165) is 42.8 Å². The van der Waals surface area contributed by atoms with E-state index >= 15 is 0 Å². The highest BCUT2D eigenvalue weighted by Gasteiger charge is 2.44. The first-order valence-corrected chi connectivity index (χ1v) is 11.3. The van der Waals surface area contributed by atoms with Crippen molar-refractivity contribution in [3.05, 3.63) is 47.7 Å². The molecule has 0 bridgehead atoms. The number of aromatic nitrogens is 3. The van der Waals surface area contributed by atoms with Crippen LogP contribution in [0.4, 0.5) is 15.9 Å². The number of hydrogen-bond acceptors (Lipinski definition) is 5. The first-order chi connectivity index (χ1) is 15.5. The van der Waals surface area contributed by atoms with Crippen LogP contribution in [0.25, 0.3) is 11.0 Å². The molecule has 3 aromatic rings. The van der Waals surface area contributed by atoms with Gasteiger partial charge >= 0.3 is 0 Å². The van der Waals surface area contributed by atoms with E-state index in [1.165, 1.54) is 36.2 Å². The quantitative estimate of drug-likeness (QED) is 0.655. The third kappa shape index (κ3) is 3.52. The number of likely N-dealkylation sites (N-methyl/N-ethyl adjacent to an activating group) is 1. The van der Waals surface area contributed by atoms with Gasteiger partial charge in [0.1, 0.15) is 29.1 Å². The molecule has 7 nitrogen and oxygen atoms in total. The van der Waals surface area contributed by atoms with Crippen LogP contribution in [0, 0.1) is 5.82 Å². The molecule has 32 heavy (non-hydrogen) atoms. The maximum Gasteiger partial charge on any atom is 0.245 e. The highest BCUT2D eigenvalue weighted by Crippen LogP contribution is 2.36. The third-order valence-electron chi connectivity index (χ3n) is 7.14. The van der Waals surface area contributed by atoms with Crippen molar-refractivity contribution in [1.82, 2.24) is 19.9 Å². The Hall–Kier alpha value is -3.00. The highest BCUT2D eigenvalue weighted by atomic mass is 19.1. The molecule has 1 fully saturated rings. The average molecular weight is 437 g/mol. The Bertz CT molecular complexity index is 1130. The zero-order valence-electron chi connectivity index (χ0n) is 18.6. The summed E-state index contributed by atoms with van der Waals surface area (Å²) in [5, 5.41) is 4.13. The SMILES string of the molecule is CN(C)C1(C(=O)Nc2ccc(F)cc2)CCN(c2ncnc3[nH]c4c(c23)CCCC4)CC1. The van der Waals surface area contributed by atoms with Crippen LogP contribution in [0.3, 0.4) is 0 Å². The largest absolute Gasteiger partial charge is 0.356 e. The average Bonchev–Trinajstić information content (AvgIpc) is 3.19. The Morgan fingerprint density at radius 3 is 2.56 bits per heavy atom. The van der Waals surface area contributed by atoms with Gasteiger partial charge in [0.15, 0.2) is 0 Å². The highest BCUT2D eigenvalue weighted by molar-refractivity contribution is 5.98. The van der Waals surface area contributed by atoms with E-state index in [1.807, 2.05) is 19.0 Å². The molecule has 2 aromatic heterocycles. The maximum absolute atomic E-state index is 13.3. The second-order valence-electron chi connectivity index (χ2n) is 9.08. The summed E-state index contributed by atoms with van der Waals surface area (Å²) in [6, 6.07) is 5.91. The number of hydrogen-bond donors (Lipinski definition) is 2. The molecule has 1 aliphatic heterocycles. The second-order valence-corrected chi connectivity index (χ2v) is 9.08. The lowest BCUT2D eigenvalue weighted by Gasteiger charge is -2.45. The van der Waals surface area contributed by atoms with Crippen molar-refractivity contribution < 1.29 is 9.18 Å². The smallest absolute Gasteiger partial charge is 0.245 e. The first kappa shape index (κ1) is 20.9. The predicted molar refractivity (Wildman–Crippen MR) is 123 cm³/mol. The molecule has 1 saturated heterocycles.